The van der Waals surface area contributed by atoms with E-state index in [0.29, 0.717) is 29.2 Å². The Hall–Kier alpha value is -2.81. The number of thioether (sulfide) groups is 1. The second-order valence-corrected chi connectivity index (χ2v) is 9.40. The second-order valence-electron chi connectivity index (χ2n) is 7.02. The zero-order valence-electron chi connectivity index (χ0n) is 18.0. The third kappa shape index (κ3) is 5.96. The molecule has 0 aliphatic rings. The lowest BCUT2D eigenvalue weighted by molar-refractivity contribution is -0.118. The van der Waals surface area contributed by atoms with Crippen LogP contribution in [0, 0.1) is 0 Å². The normalized spacial score (nSPS) is 10.8. The number of amides is 1. The lowest BCUT2D eigenvalue weighted by atomic mass is 10.2. The van der Waals surface area contributed by atoms with Crippen LogP contribution in [0.25, 0.3) is 17.1 Å². The SMILES string of the molecule is CCOc1ccc(-n2c(SCC(=O)NCCc3cccs3)nnc2-c2ccccc2Cl)cc1. The van der Waals surface area contributed by atoms with E-state index in [0.717, 1.165) is 23.4 Å². The Morgan fingerprint density at radius 3 is 2.67 bits per heavy atom. The number of hydrogen-bond donors (Lipinski definition) is 1. The molecule has 4 aromatic rings. The van der Waals surface area contributed by atoms with Crippen molar-refractivity contribution < 1.29 is 9.53 Å². The van der Waals surface area contributed by atoms with Gasteiger partial charge in [0.1, 0.15) is 5.75 Å². The molecule has 2 aromatic heterocycles. The summed E-state index contributed by atoms with van der Waals surface area (Å²) in [6.07, 6.45) is 0.826. The molecular weight excluding hydrogens is 476 g/mol. The molecule has 6 nitrogen and oxygen atoms in total. The molecule has 170 valence electrons. The van der Waals surface area contributed by atoms with Gasteiger partial charge in [0.2, 0.25) is 5.91 Å². The van der Waals surface area contributed by atoms with Gasteiger partial charge in [0.15, 0.2) is 11.0 Å². The highest BCUT2D eigenvalue weighted by Gasteiger charge is 2.19. The zero-order valence-corrected chi connectivity index (χ0v) is 20.4. The van der Waals surface area contributed by atoms with Crippen LogP contribution in [0.4, 0.5) is 0 Å². The highest BCUT2D eigenvalue weighted by molar-refractivity contribution is 7.99. The molecule has 0 atom stereocenters. The maximum absolute atomic E-state index is 12.4. The number of thiophene rings is 1. The van der Waals surface area contributed by atoms with Crippen LogP contribution in [-0.4, -0.2) is 39.6 Å². The number of rotatable bonds is 10. The average molecular weight is 499 g/mol. The molecule has 0 fully saturated rings. The van der Waals surface area contributed by atoms with Gasteiger partial charge in [-0.25, -0.2) is 0 Å². The third-order valence-electron chi connectivity index (χ3n) is 4.76. The van der Waals surface area contributed by atoms with Crippen LogP contribution in [0.1, 0.15) is 11.8 Å². The first-order valence-electron chi connectivity index (χ1n) is 10.5. The van der Waals surface area contributed by atoms with Gasteiger partial charge >= 0.3 is 0 Å². The number of carbonyl (C=O) groups is 1. The number of aromatic nitrogens is 3. The average Bonchev–Trinajstić information content (AvgIpc) is 3.49. The molecule has 0 aliphatic heterocycles. The van der Waals surface area contributed by atoms with Crippen molar-refractivity contribution in [3.63, 3.8) is 0 Å². The summed E-state index contributed by atoms with van der Waals surface area (Å²) in [5.41, 5.74) is 1.63. The number of nitrogens with zero attached hydrogens (tertiary/aromatic N) is 3. The molecule has 0 spiro atoms. The van der Waals surface area contributed by atoms with Crippen molar-refractivity contribution in [2.24, 2.45) is 0 Å². The van der Waals surface area contributed by atoms with Gasteiger partial charge in [-0.15, -0.1) is 21.5 Å². The van der Waals surface area contributed by atoms with E-state index in [9.17, 15) is 4.79 Å². The molecule has 0 saturated heterocycles. The summed E-state index contributed by atoms with van der Waals surface area (Å²) in [6, 6.07) is 19.3. The fourth-order valence-corrected chi connectivity index (χ4v) is 4.94. The Morgan fingerprint density at radius 1 is 1.12 bits per heavy atom. The predicted molar refractivity (Wildman–Crippen MR) is 135 cm³/mol. The number of nitrogens with one attached hydrogen (secondary N) is 1. The molecule has 9 heteroatoms. The summed E-state index contributed by atoms with van der Waals surface area (Å²) in [6.45, 7) is 3.15. The van der Waals surface area contributed by atoms with Gasteiger partial charge in [-0.1, -0.05) is 41.6 Å². The number of halogens is 1. The Balaban J connectivity index is 1.53. The minimum atomic E-state index is -0.0444. The quantitative estimate of drug-likeness (QED) is 0.292. The Bertz CT molecular complexity index is 1190. The number of benzene rings is 2. The van der Waals surface area contributed by atoms with Crippen molar-refractivity contribution in [3.05, 3.63) is 75.9 Å². The van der Waals surface area contributed by atoms with E-state index in [1.165, 1.54) is 16.6 Å². The molecule has 4 rings (SSSR count). The van der Waals surface area contributed by atoms with E-state index in [1.807, 2.05) is 71.5 Å². The Labute approximate surface area is 206 Å². The van der Waals surface area contributed by atoms with Gasteiger partial charge in [-0.2, -0.15) is 0 Å². The van der Waals surface area contributed by atoms with E-state index in [1.54, 1.807) is 11.3 Å². The molecule has 33 heavy (non-hydrogen) atoms. The van der Waals surface area contributed by atoms with Crippen LogP contribution in [0.15, 0.2) is 71.2 Å². The first kappa shape index (κ1) is 23.4. The maximum Gasteiger partial charge on any atom is 0.230 e. The highest BCUT2D eigenvalue weighted by Crippen LogP contribution is 2.32. The summed E-state index contributed by atoms with van der Waals surface area (Å²) in [7, 11) is 0. The van der Waals surface area contributed by atoms with Crippen LogP contribution in [0.2, 0.25) is 5.02 Å². The third-order valence-corrected chi connectivity index (χ3v) is 6.95. The van der Waals surface area contributed by atoms with E-state index in [2.05, 4.69) is 21.6 Å². The van der Waals surface area contributed by atoms with Crippen molar-refractivity contribution in [3.8, 4) is 22.8 Å². The van der Waals surface area contributed by atoms with E-state index in [4.69, 9.17) is 16.3 Å². The summed E-state index contributed by atoms with van der Waals surface area (Å²) in [4.78, 5) is 13.7. The van der Waals surface area contributed by atoms with Crippen LogP contribution < -0.4 is 10.1 Å². The maximum atomic E-state index is 12.4. The molecule has 0 aliphatic carbocycles. The monoisotopic (exact) mass is 498 g/mol. The molecule has 0 bridgehead atoms. The van der Waals surface area contributed by atoms with E-state index < -0.39 is 0 Å². The lowest BCUT2D eigenvalue weighted by Gasteiger charge is -2.12. The van der Waals surface area contributed by atoms with Crippen molar-refractivity contribution in [2.45, 2.75) is 18.5 Å². The van der Waals surface area contributed by atoms with Gasteiger partial charge in [0.05, 0.1) is 17.4 Å². The summed E-state index contributed by atoms with van der Waals surface area (Å²) in [5.74, 6) is 1.60. The minimum Gasteiger partial charge on any atom is -0.494 e. The van der Waals surface area contributed by atoms with Gasteiger partial charge in [0, 0.05) is 22.7 Å². The summed E-state index contributed by atoms with van der Waals surface area (Å²) >= 11 is 9.48. The number of ether oxygens (including phenoxy) is 1. The summed E-state index contributed by atoms with van der Waals surface area (Å²) < 4.78 is 7.48. The zero-order chi connectivity index (χ0) is 23.0. The lowest BCUT2D eigenvalue weighted by Crippen LogP contribution is -2.27. The van der Waals surface area contributed by atoms with E-state index >= 15 is 0 Å². The fraction of sp³-hybridized carbons (Fsp3) is 0.208. The number of hydrogen-bond acceptors (Lipinski definition) is 6. The van der Waals surface area contributed by atoms with E-state index in [-0.39, 0.29) is 11.7 Å². The largest absolute Gasteiger partial charge is 0.494 e. The first-order valence-corrected chi connectivity index (χ1v) is 12.8. The van der Waals surface area contributed by atoms with Crippen LogP contribution >= 0.6 is 34.7 Å². The van der Waals surface area contributed by atoms with Gasteiger partial charge in [-0.3, -0.25) is 9.36 Å². The highest BCUT2D eigenvalue weighted by atomic mass is 35.5. The molecule has 2 aromatic carbocycles. The fourth-order valence-electron chi connectivity index (χ4n) is 3.23. The van der Waals surface area contributed by atoms with Gasteiger partial charge in [-0.05, 0) is 61.2 Å². The van der Waals surface area contributed by atoms with Crippen molar-refractivity contribution in [1.29, 1.82) is 0 Å². The molecular formula is C24H23ClN4O2S2. The predicted octanol–water partition coefficient (Wildman–Crippen LogP) is 5.50. The van der Waals surface area contributed by atoms with Crippen molar-refractivity contribution in [1.82, 2.24) is 20.1 Å². The van der Waals surface area contributed by atoms with Gasteiger partial charge in [0.25, 0.3) is 0 Å². The molecule has 1 amide bonds. The van der Waals surface area contributed by atoms with Crippen molar-refractivity contribution in [2.75, 3.05) is 18.9 Å². The molecule has 2 heterocycles. The Morgan fingerprint density at radius 2 is 1.94 bits per heavy atom. The van der Waals surface area contributed by atoms with Crippen LogP contribution in [-0.2, 0) is 11.2 Å². The molecule has 0 unspecified atom stereocenters. The molecule has 0 saturated carbocycles. The minimum absolute atomic E-state index is 0.0444. The summed E-state index contributed by atoms with van der Waals surface area (Å²) in [5, 5.41) is 15.0. The first-order chi connectivity index (χ1) is 16.2. The topological polar surface area (TPSA) is 69.0 Å². The molecule has 0 radical (unpaired) electrons. The molecule has 1 N–H and O–H groups in total. The van der Waals surface area contributed by atoms with Crippen LogP contribution in [0.3, 0.4) is 0 Å². The Kier molecular flexibility index (Phi) is 8.04. The standard InChI is InChI=1S/C24H23ClN4O2S2/c1-2-31-18-11-9-17(10-12-18)29-23(20-7-3-4-8-21(20)25)27-28-24(29)33-16-22(30)26-14-13-19-6-5-15-32-19/h3-12,15H,2,13-14,16H2,1H3,(H,26,30). The van der Waals surface area contributed by atoms with Gasteiger partial charge < -0.3 is 10.1 Å². The number of carbonyl (C=O) groups excluding carboxylic acids is 1. The van der Waals surface area contributed by atoms with Crippen molar-refractivity contribution >= 4 is 40.6 Å². The smallest absolute Gasteiger partial charge is 0.230 e. The second kappa shape index (κ2) is 11.4. The van der Waals surface area contributed by atoms with Crippen LogP contribution in [0.5, 0.6) is 5.75 Å².